The Hall–Kier alpha value is -1.73. The molecule has 0 N–H and O–H groups in total. The Balaban J connectivity index is 0.00000242. The standard InChI is InChI=1S/C19H22N2.Ni/c1-13-6-8-18(10-15(13)3)20-12-17(5)21-19-9-7-14(2)16(4)11-19;/h6-12H,1-5H3;/b20-12+,21-17+;. The first kappa shape index (κ1) is 18.3. The summed E-state index contributed by atoms with van der Waals surface area (Å²) in [7, 11) is 0. The largest absolute Gasteiger partial charge is 0.255 e. The molecular weight excluding hydrogens is 315 g/mol. The van der Waals surface area contributed by atoms with Gasteiger partial charge in [0, 0.05) is 22.7 Å². The summed E-state index contributed by atoms with van der Waals surface area (Å²) in [5.41, 5.74) is 7.93. The van der Waals surface area contributed by atoms with Crippen molar-refractivity contribution in [1.29, 1.82) is 0 Å². The van der Waals surface area contributed by atoms with Crippen molar-refractivity contribution >= 4 is 23.3 Å². The van der Waals surface area contributed by atoms with Gasteiger partial charge < -0.3 is 0 Å². The molecule has 0 aromatic heterocycles. The normalized spacial score (nSPS) is 11.6. The van der Waals surface area contributed by atoms with Crippen molar-refractivity contribution in [3.05, 3.63) is 58.7 Å². The molecule has 0 aliphatic carbocycles. The van der Waals surface area contributed by atoms with Gasteiger partial charge in [-0.25, -0.2) is 0 Å². The zero-order valence-corrected chi connectivity index (χ0v) is 14.7. The SMILES string of the molecule is CC(/C=N/c1ccc(C)c(C)c1)=N\c1ccc(C)c(C)c1.[Ni]. The molecule has 0 fully saturated rings. The number of rotatable bonds is 3. The molecule has 2 aromatic rings. The third kappa shape index (κ3) is 4.92. The van der Waals surface area contributed by atoms with Crippen molar-refractivity contribution in [2.75, 3.05) is 0 Å². The molecule has 22 heavy (non-hydrogen) atoms. The monoisotopic (exact) mass is 336 g/mol. The molecular formula is C19H22N2Ni. The molecule has 0 unspecified atom stereocenters. The van der Waals surface area contributed by atoms with Crippen LogP contribution in [-0.4, -0.2) is 11.9 Å². The first-order valence-corrected chi connectivity index (χ1v) is 7.19. The summed E-state index contributed by atoms with van der Waals surface area (Å²) >= 11 is 0. The van der Waals surface area contributed by atoms with E-state index in [1.165, 1.54) is 22.3 Å². The van der Waals surface area contributed by atoms with Crippen molar-refractivity contribution in [2.24, 2.45) is 9.98 Å². The van der Waals surface area contributed by atoms with Gasteiger partial charge in [-0.1, -0.05) is 12.1 Å². The molecule has 2 rings (SSSR count). The average molecular weight is 337 g/mol. The minimum Gasteiger partial charge on any atom is -0.255 e. The van der Waals surface area contributed by atoms with E-state index in [1.54, 1.807) is 0 Å². The summed E-state index contributed by atoms with van der Waals surface area (Å²) < 4.78 is 0. The number of aliphatic imine (C=N–C) groups is 2. The van der Waals surface area contributed by atoms with Crippen LogP contribution in [-0.2, 0) is 16.5 Å². The summed E-state index contributed by atoms with van der Waals surface area (Å²) in [5.74, 6) is 0. The van der Waals surface area contributed by atoms with Crippen LogP contribution in [0.25, 0.3) is 0 Å². The van der Waals surface area contributed by atoms with Crippen LogP contribution in [0.15, 0.2) is 46.4 Å². The van der Waals surface area contributed by atoms with E-state index in [2.05, 4.69) is 61.9 Å². The predicted molar refractivity (Wildman–Crippen MR) is 92.8 cm³/mol. The van der Waals surface area contributed by atoms with E-state index in [-0.39, 0.29) is 16.5 Å². The van der Waals surface area contributed by atoms with Crippen LogP contribution in [0.5, 0.6) is 0 Å². The van der Waals surface area contributed by atoms with Gasteiger partial charge in [0.1, 0.15) is 0 Å². The maximum atomic E-state index is 4.58. The van der Waals surface area contributed by atoms with Gasteiger partial charge in [0.2, 0.25) is 0 Å². The van der Waals surface area contributed by atoms with Crippen molar-refractivity contribution in [1.82, 2.24) is 0 Å². The van der Waals surface area contributed by atoms with Crippen LogP contribution in [0.3, 0.4) is 0 Å². The number of hydrogen-bond acceptors (Lipinski definition) is 2. The Morgan fingerprint density at radius 2 is 1.27 bits per heavy atom. The minimum atomic E-state index is 0. The maximum absolute atomic E-state index is 4.58. The van der Waals surface area contributed by atoms with Gasteiger partial charge in [0.25, 0.3) is 0 Å². The van der Waals surface area contributed by atoms with E-state index in [4.69, 9.17) is 0 Å². The molecule has 2 aromatic carbocycles. The molecule has 0 aliphatic heterocycles. The zero-order valence-electron chi connectivity index (χ0n) is 13.8. The van der Waals surface area contributed by atoms with Gasteiger partial charge in [-0.15, -0.1) is 0 Å². The van der Waals surface area contributed by atoms with Gasteiger partial charge in [-0.2, -0.15) is 0 Å². The van der Waals surface area contributed by atoms with Crippen LogP contribution in [0, 0.1) is 27.7 Å². The van der Waals surface area contributed by atoms with Crippen molar-refractivity contribution in [2.45, 2.75) is 34.6 Å². The first-order chi connectivity index (χ1) is 9.95. The molecule has 0 bridgehead atoms. The fourth-order valence-electron chi connectivity index (χ4n) is 2.00. The molecule has 0 saturated heterocycles. The second-order valence-electron chi connectivity index (χ2n) is 5.55. The minimum absolute atomic E-state index is 0. The number of aryl methyl sites for hydroxylation is 4. The molecule has 0 spiro atoms. The Labute approximate surface area is 143 Å². The maximum Gasteiger partial charge on any atom is 0.0636 e. The van der Waals surface area contributed by atoms with Crippen LogP contribution in [0.4, 0.5) is 11.4 Å². The predicted octanol–water partition coefficient (Wildman–Crippen LogP) is 5.41. The Morgan fingerprint density at radius 1 is 0.773 bits per heavy atom. The second kappa shape index (κ2) is 8.05. The summed E-state index contributed by atoms with van der Waals surface area (Å²) in [6, 6.07) is 12.5. The summed E-state index contributed by atoms with van der Waals surface area (Å²) in [6.07, 6.45) is 1.82. The average Bonchev–Trinajstić information content (AvgIpc) is 2.44. The van der Waals surface area contributed by atoms with Gasteiger partial charge in [0.05, 0.1) is 17.1 Å². The van der Waals surface area contributed by atoms with E-state index in [0.29, 0.717) is 0 Å². The van der Waals surface area contributed by atoms with E-state index < -0.39 is 0 Å². The zero-order chi connectivity index (χ0) is 15.4. The molecule has 0 saturated carbocycles. The smallest absolute Gasteiger partial charge is 0.0636 e. The fraction of sp³-hybridized carbons (Fsp3) is 0.263. The number of nitrogens with zero attached hydrogens (tertiary/aromatic N) is 2. The first-order valence-electron chi connectivity index (χ1n) is 7.19. The second-order valence-corrected chi connectivity index (χ2v) is 5.55. The number of hydrogen-bond donors (Lipinski definition) is 0. The summed E-state index contributed by atoms with van der Waals surface area (Å²) in [5, 5.41) is 0. The van der Waals surface area contributed by atoms with E-state index in [1.807, 2.05) is 25.3 Å². The van der Waals surface area contributed by atoms with Crippen molar-refractivity contribution in [3.8, 4) is 0 Å². The fourth-order valence-corrected chi connectivity index (χ4v) is 2.00. The van der Waals surface area contributed by atoms with Gasteiger partial charge in [-0.3, -0.25) is 9.98 Å². The van der Waals surface area contributed by atoms with Crippen LogP contribution < -0.4 is 0 Å². The van der Waals surface area contributed by atoms with E-state index in [9.17, 15) is 0 Å². The molecule has 0 atom stereocenters. The molecule has 2 nitrogen and oxygen atoms in total. The Kier molecular flexibility index (Phi) is 6.71. The molecule has 0 heterocycles. The molecule has 118 valence electrons. The number of benzene rings is 2. The van der Waals surface area contributed by atoms with Gasteiger partial charge in [0.15, 0.2) is 0 Å². The Bertz CT molecular complexity index is 715. The van der Waals surface area contributed by atoms with Crippen molar-refractivity contribution in [3.63, 3.8) is 0 Å². The Morgan fingerprint density at radius 3 is 1.82 bits per heavy atom. The van der Waals surface area contributed by atoms with E-state index >= 15 is 0 Å². The van der Waals surface area contributed by atoms with Crippen LogP contribution >= 0.6 is 0 Å². The van der Waals surface area contributed by atoms with Crippen molar-refractivity contribution < 1.29 is 16.5 Å². The van der Waals surface area contributed by atoms with E-state index in [0.717, 1.165) is 17.1 Å². The third-order valence-electron chi connectivity index (χ3n) is 3.69. The molecule has 3 heteroatoms. The van der Waals surface area contributed by atoms with Crippen LogP contribution in [0.1, 0.15) is 29.2 Å². The quantitative estimate of drug-likeness (QED) is 0.528. The molecule has 0 amide bonds. The molecule has 0 radical (unpaired) electrons. The topological polar surface area (TPSA) is 24.7 Å². The third-order valence-corrected chi connectivity index (χ3v) is 3.69. The molecule has 0 aliphatic rings. The van der Waals surface area contributed by atoms with Gasteiger partial charge >= 0.3 is 0 Å². The van der Waals surface area contributed by atoms with Gasteiger partial charge in [-0.05, 0) is 81.1 Å². The van der Waals surface area contributed by atoms with Crippen LogP contribution in [0.2, 0.25) is 0 Å². The summed E-state index contributed by atoms with van der Waals surface area (Å²) in [4.78, 5) is 9.07. The summed E-state index contributed by atoms with van der Waals surface area (Å²) in [6.45, 7) is 10.4.